The summed E-state index contributed by atoms with van der Waals surface area (Å²) in [4.78, 5) is 17.6. The molecule has 0 aliphatic heterocycles. The Kier molecular flexibility index (Phi) is 5.16. The topological polar surface area (TPSA) is 64.2 Å². The number of benzene rings is 2. The van der Waals surface area contributed by atoms with Crippen LogP contribution in [0.3, 0.4) is 0 Å². The molecule has 0 fully saturated rings. The average molecular weight is 461 g/mol. The molecule has 1 N–H and O–H groups in total. The zero-order valence-corrected chi connectivity index (χ0v) is 17.9. The van der Waals surface area contributed by atoms with Crippen molar-refractivity contribution in [3.8, 4) is 22.4 Å². The number of pyridine rings is 1. The maximum atomic E-state index is 13.7. The van der Waals surface area contributed by atoms with E-state index in [0.717, 1.165) is 17.2 Å². The van der Waals surface area contributed by atoms with Gasteiger partial charge in [0.15, 0.2) is 5.65 Å². The number of aryl methyl sites for hydroxylation is 1. The Balaban J connectivity index is 1.59. The van der Waals surface area contributed by atoms with Gasteiger partial charge in [0.2, 0.25) is 0 Å². The number of carbonyl (C=O) groups is 1. The fourth-order valence-corrected chi connectivity index (χ4v) is 3.86. The van der Waals surface area contributed by atoms with Crippen LogP contribution in [0, 0.1) is 0 Å². The molecule has 0 aliphatic carbocycles. The van der Waals surface area contributed by atoms with E-state index < -0.39 is 17.6 Å². The van der Waals surface area contributed by atoms with E-state index in [0.29, 0.717) is 11.3 Å². The highest BCUT2D eigenvalue weighted by molar-refractivity contribution is 6.09. The van der Waals surface area contributed by atoms with Crippen molar-refractivity contribution in [1.82, 2.24) is 19.2 Å². The van der Waals surface area contributed by atoms with Crippen LogP contribution in [-0.4, -0.2) is 25.1 Å². The van der Waals surface area contributed by atoms with Gasteiger partial charge in [0.05, 0.1) is 16.9 Å². The molecule has 5 aromatic rings. The van der Waals surface area contributed by atoms with Crippen LogP contribution in [0.2, 0.25) is 0 Å². The van der Waals surface area contributed by atoms with Crippen LogP contribution in [0.4, 0.5) is 18.9 Å². The number of rotatable bonds is 4. The smallest absolute Gasteiger partial charge is 0.318 e. The Bertz CT molecular complexity index is 1500. The quantitative estimate of drug-likeness (QED) is 0.375. The first-order valence-corrected chi connectivity index (χ1v) is 10.3. The highest BCUT2D eigenvalue weighted by atomic mass is 19.4. The van der Waals surface area contributed by atoms with Gasteiger partial charge in [0.1, 0.15) is 0 Å². The minimum absolute atomic E-state index is 0.0706. The molecule has 0 radical (unpaired) electrons. The zero-order valence-electron chi connectivity index (χ0n) is 17.9. The minimum Gasteiger partial charge on any atom is -0.318 e. The lowest BCUT2D eigenvalue weighted by molar-refractivity contribution is -0.137. The van der Waals surface area contributed by atoms with Gasteiger partial charge in [-0.25, -0.2) is 4.98 Å². The van der Waals surface area contributed by atoms with Gasteiger partial charge < -0.3 is 9.72 Å². The highest BCUT2D eigenvalue weighted by Crippen LogP contribution is 2.37. The number of hydrogen-bond donors (Lipinski definition) is 1. The molecule has 34 heavy (non-hydrogen) atoms. The first-order valence-electron chi connectivity index (χ1n) is 10.3. The summed E-state index contributed by atoms with van der Waals surface area (Å²) in [5, 5.41) is 6.97. The summed E-state index contributed by atoms with van der Waals surface area (Å²) in [7, 11) is 1.61. The number of aromatic nitrogens is 4. The second kappa shape index (κ2) is 8.18. The SMILES string of the molecule is Cn1ccc(-c2cc(C(=O)Nc3c(-c4ccccc4)ccn4ccnc34)ccc2C(F)(F)F)n1. The fraction of sp³-hybridized carbons (Fsp3) is 0.0800. The van der Waals surface area contributed by atoms with E-state index in [2.05, 4.69) is 15.4 Å². The van der Waals surface area contributed by atoms with Crippen LogP contribution in [-0.2, 0) is 13.2 Å². The average Bonchev–Trinajstić information content (AvgIpc) is 3.48. The van der Waals surface area contributed by atoms with Crippen molar-refractivity contribution in [2.75, 3.05) is 5.32 Å². The summed E-state index contributed by atoms with van der Waals surface area (Å²) in [5.74, 6) is -0.556. The molecule has 3 aromatic heterocycles. The summed E-state index contributed by atoms with van der Waals surface area (Å²) >= 11 is 0. The Labute approximate surface area is 192 Å². The third-order valence-corrected chi connectivity index (χ3v) is 5.46. The molecule has 9 heteroatoms. The molecule has 3 heterocycles. The number of halogens is 3. The summed E-state index contributed by atoms with van der Waals surface area (Å²) in [6.07, 6.45) is 2.14. The molecule has 2 aromatic carbocycles. The Morgan fingerprint density at radius 2 is 1.74 bits per heavy atom. The van der Waals surface area contributed by atoms with Crippen molar-refractivity contribution >= 4 is 17.2 Å². The number of amides is 1. The highest BCUT2D eigenvalue weighted by Gasteiger charge is 2.34. The van der Waals surface area contributed by atoms with E-state index in [9.17, 15) is 18.0 Å². The molecule has 0 spiro atoms. The third kappa shape index (κ3) is 3.92. The van der Waals surface area contributed by atoms with Crippen molar-refractivity contribution < 1.29 is 18.0 Å². The van der Waals surface area contributed by atoms with Crippen LogP contribution in [0.15, 0.2) is 85.5 Å². The summed E-state index contributed by atoms with van der Waals surface area (Å²) < 4.78 is 44.1. The number of nitrogens with zero attached hydrogens (tertiary/aromatic N) is 4. The predicted octanol–water partition coefficient (Wildman–Crippen LogP) is 5.67. The van der Waals surface area contributed by atoms with Crippen molar-refractivity contribution in [3.05, 3.63) is 96.6 Å². The van der Waals surface area contributed by atoms with E-state index in [1.807, 2.05) is 42.6 Å². The second-order valence-electron chi connectivity index (χ2n) is 7.72. The lowest BCUT2D eigenvalue weighted by Gasteiger charge is -2.15. The van der Waals surface area contributed by atoms with Gasteiger partial charge in [0.25, 0.3) is 5.91 Å². The predicted molar refractivity (Wildman–Crippen MR) is 122 cm³/mol. The van der Waals surface area contributed by atoms with Crippen molar-refractivity contribution in [2.24, 2.45) is 7.05 Å². The molecular formula is C25H18F3N5O. The summed E-state index contributed by atoms with van der Waals surface area (Å²) in [6, 6.07) is 16.1. The van der Waals surface area contributed by atoms with Crippen LogP contribution in [0.25, 0.3) is 28.0 Å². The molecule has 0 bridgehead atoms. The molecule has 1 amide bonds. The zero-order chi connectivity index (χ0) is 23.9. The van der Waals surface area contributed by atoms with Crippen LogP contribution >= 0.6 is 0 Å². The van der Waals surface area contributed by atoms with Gasteiger partial charge in [0, 0.05) is 48.5 Å². The monoisotopic (exact) mass is 461 g/mol. The molecule has 5 rings (SSSR count). The van der Waals surface area contributed by atoms with E-state index in [4.69, 9.17) is 0 Å². The van der Waals surface area contributed by atoms with Crippen LogP contribution in [0.1, 0.15) is 15.9 Å². The molecule has 0 aliphatic rings. The molecular weight excluding hydrogens is 443 g/mol. The van der Waals surface area contributed by atoms with E-state index in [-0.39, 0.29) is 16.8 Å². The maximum Gasteiger partial charge on any atom is 0.417 e. The fourth-order valence-electron chi connectivity index (χ4n) is 3.86. The van der Waals surface area contributed by atoms with Gasteiger partial charge >= 0.3 is 6.18 Å². The molecule has 170 valence electrons. The van der Waals surface area contributed by atoms with Crippen LogP contribution in [0.5, 0.6) is 0 Å². The summed E-state index contributed by atoms with van der Waals surface area (Å²) in [5.41, 5.74) is 1.76. The lowest BCUT2D eigenvalue weighted by atomic mass is 10.00. The number of fused-ring (bicyclic) bond motifs is 1. The minimum atomic E-state index is -4.59. The first kappa shape index (κ1) is 21.4. The Morgan fingerprint density at radius 3 is 2.44 bits per heavy atom. The number of nitrogens with one attached hydrogen (secondary N) is 1. The van der Waals surface area contributed by atoms with Gasteiger partial charge in [-0.3, -0.25) is 9.48 Å². The van der Waals surface area contributed by atoms with Gasteiger partial charge in [-0.1, -0.05) is 30.3 Å². The van der Waals surface area contributed by atoms with Gasteiger partial charge in [-0.05, 0) is 35.9 Å². The van der Waals surface area contributed by atoms with Crippen LogP contribution < -0.4 is 5.32 Å². The normalized spacial score (nSPS) is 11.6. The van der Waals surface area contributed by atoms with Crippen molar-refractivity contribution in [3.63, 3.8) is 0 Å². The molecule has 0 unspecified atom stereocenters. The van der Waals surface area contributed by atoms with Gasteiger partial charge in [-0.15, -0.1) is 0 Å². The number of alkyl halides is 3. The molecule has 0 saturated carbocycles. The standard InChI is InChI=1S/C25H18F3N5O/c1-32-12-10-21(31-32)19-15-17(7-8-20(19)25(26,27)28)24(34)30-22-18(16-5-3-2-4-6-16)9-13-33-14-11-29-23(22)33/h2-15H,1H3,(H,30,34). The largest absolute Gasteiger partial charge is 0.417 e. The number of hydrogen-bond acceptors (Lipinski definition) is 3. The lowest BCUT2D eigenvalue weighted by Crippen LogP contribution is -2.15. The Hall–Kier alpha value is -4.40. The van der Waals surface area contributed by atoms with Crippen molar-refractivity contribution in [1.29, 1.82) is 0 Å². The van der Waals surface area contributed by atoms with E-state index in [1.165, 1.54) is 22.9 Å². The second-order valence-corrected chi connectivity index (χ2v) is 7.72. The van der Waals surface area contributed by atoms with E-state index >= 15 is 0 Å². The third-order valence-electron chi connectivity index (χ3n) is 5.46. The van der Waals surface area contributed by atoms with Gasteiger partial charge in [-0.2, -0.15) is 18.3 Å². The Morgan fingerprint density at radius 1 is 0.941 bits per heavy atom. The number of carbonyl (C=O) groups excluding carboxylic acids is 1. The molecule has 0 atom stereocenters. The van der Waals surface area contributed by atoms with Crippen molar-refractivity contribution in [2.45, 2.75) is 6.18 Å². The van der Waals surface area contributed by atoms with E-state index in [1.54, 1.807) is 30.0 Å². The molecule has 0 saturated heterocycles. The molecule has 6 nitrogen and oxygen atoms in total. The maximum absolute atomic E-state index is 13.7. The number of imidazole rings is 1. The first-order chi connectivity index (χ1) is 16.3. The number of anilines is 1. The summed E-state index contributed by atoms with van der Waals surface area (Å²) in [6.45, 7) is 0.